The van der Waals surface area contributed by atoms with Gasteiger partial charge in [0, 0.05) is 43.1 Å². The van der Waals surface area contributed by atoms with Crippen molar-refractivity contribution in [3.8, 4) is 0 Å². The van der Waals surface area contributed by atoms with Crippen LogP contribution in [0.15, 0.2) is 66.7 Å². The number of hydrogen-bond acceptors (Lipinski definition) is 3. The number of amides is 2. The maximum atomic E-state index is 12.8. The average Bonchev–Trinajstić information content (AvgIpc) is 2.84. The number of piperazine rings is 1. The number of carbonyl (C=O) groups excluding carboxylic acids is 2. The molecule has 3 aromatic rings. The Hall–Kier alpha value is -3.31. The Labute approximate surface area is 200 Å². The van der Waals surface area contributed by atoms with Gasteiger partial charge in [0.1, 0.15) is 0 Å². The lowest BCUT2D eigenvalue weighted by atomic mass is 10.1. The summed E-state index contributed by atoms with van der Waals surface area (Å²) in [4.78, 5) is 29.5. The van der Waals surface area contributed by atoms with Gasteiger partial charge in [0.25, 0.3) is 11.8 Å². The van der Waals surface area contributed by atoms with Crippen molar-refractivity contribution >= 4 is 34.8 Å². The maximum Gasteiger partial charge on any atom is 0.257 e. The van der Waals surface area contributed by atoms with Crippen molar-refractivity contribution < 1.29 is 9.59 Å². The van der Waals surface area contributed by atoms with Crippen LogP contribution in [-0.2, 0) is 6.42 Å². The van der Waals surface area contributed by atoms with E-state index in [4.69, 9.17) is 11.6 Å². The Morgan fingerprint density at radius 1 is 0.909 bits per heavy atom. The molecule has 0 saturated carbocycles. The fourth-order valence-corrected chi connectivity index (χ4v) is 4.31. The minimum Gasteiger partial charge on any atom is -0.368 e. The highest BCUT2D eigenvalue weighted by Gasteiger charge is 2.22. The molecule has 170 valence electrons. The molecule has 1 aliphatic rings. The van der Waals surface area contributed by atoms with Crippen LogP contribution in [0, 0.1) is 6.92 Å². The van der Waals surface area contributed by atoms with E-state index in [1.54, 1.807) is 12.1 Å². The van der Waals surface area contributed by atoms with E-state index >= 15 is 0 Å². The van der Waals surface area contributed by atoms with Gasteiger partial charge in [-0.3, -0.25) is 9.59 Å². The molecule has 1 heterocycles. The molecule has 0 aromatic heterocycles. The third-order valence-corrected chi connectivity index (χ3v) is 6.35. The fraction of sp³-hybridized carbons (Fsp3) is 0.259. The quantitative estimate of drug-likeness (QED) is 0.551. The van der Waals surface area contributed by atoms with Crippen LogP contribution in [0.3, 0.4) is 0 Å². The molecule has 1 saturated heterocycles. The topological polar surface area (TPSA) is 52.7 Å². The van der Waals surface area contributed by atoms with E-state index in [9.17, 15) is 9.59 Å². The van der Waals surface area contributed by atoms with Crippen molar-refractivity contribution in [1.29, 1.82) is 0 Å². The Morgan fingerprint density at radius 3 is 2.18 bits per heavy atom. The summed E-state index contributed by atoms with van der Waals surface area (Å²) in [5.74, 6) is -0.142. The Morgan fingerprint density at radius 2 is 1.58 bits per heavy atom. The van der Waals surface area contributed by atoms with Crippen molar-refractivity contribution in [2.45, 2.75) is 20.3 Å². The number of aryl methyl sites for hydroxylation is 2. The van der Waals surface area contributed by atoms with Crippen LogP contribution in [0.4, 0.5) is 11.4 Å². The summed E-state index contributed by atoms with van der Waals surface area (Å²) in [6, 6.07) is 21.0. The Kier molecular flexibility index (Phi) is 6.99. The van der Waals surface area contributed by atoms with Crippen molar-refractivity contribution in [3.63, 3.8) is 0 Å². The highest BCUT2D eigenvalue weighted by molar-refractivity contribution is 6.34. The first-order chi connectivity index (χ1) is 15.9. The zero-order valence-electron chi connectivity index (χ0n) is 19.0. The molecule has 0 aliphatic carbocycles. The van der Waals surface area contributed by atoms with Gasteiger partial charge in [0.05, 0.1) is 10.6 Å². The number of hydrogen-bond donors (Lipinski definition) is 1. The fourth-order valence-electron chi connectivity index (χ4n) is 3.99. The first-order valence-corrected chi connectivity index (χ1v) is 11.6. The number of rotatable bonds is 5. The molecule has 33 heavy (non-hydrogen) atoms. The molecule has 4 rings (SSSR count). The number of carbonyl (C=O) groups is 2. The largest absolute Gasteiger partial charge is 0.368 e. The van der Waals surface area contributed by atoms with E-state index in [1.807, 2.05) is 66.4 Å². The SMILES string of the molecule is CCc1ccc(C(=O)N2CCN(c3ccc(NC(=O)c4ccc(C)cc4Cl)cc3)CC2)cc1. The molecule has 2 amide bonds. The zero-order valence-corrected chi connectivity index (χ0v) is 19.7. The molecule has 0 bridgehead atoms. The maximum absolute atomic E-state index is 12.8. The number of halogens is 1. The average molecular weight is 462 g/mol. The number of nitrogens with one attached hydrogen (secondary N) is 1. The second-order valence-electron chi connectivity index (χ2n) is 8.31. The van der Waals surface area contributed by atoms with E-state index in [0.717, 1.165) is 36.3 Å². The lowest BCUT2D eigenvalue weighted by Crippen LogP contribution is -2.48. The molecule has 0 radical (unpaired) electrons. The third kappa shape index (κ3) is 5.37. The minimum absolute atomic E-state index is 0.0881. The van der Waals surface area contributed by atoms with Crippen molar-refractivity contribution in [1.82, 2.24) is 4.90 Å². The van der Waals surface area contributed by atoms with Gasteiger partial charge in [-0.1, -0.05) is 36.7 Å². The van der Waals surface area contributed by atoms with E-state index in [-0.39, 0.29) is 11.8 Å². The van der Waals surface area contributed by atoms with Crippen LogP contribution >= 0.6 is 11.6 Å². The molecule has 5 nitrogen and oxygen atoms in total. The molecule has 6 heteroatoms. The molecule has 1 fully saturated rings. The van der Waals surface area contributed by atoms with E-state index < -0.39 is 0 Å². The van der Waals surface area contributed by atoms with Crippen molar-refractivity contribution in [3.05, 3.63) is 94.0 Å². The summed E-state index contributed by atoms with van der Waals surface area (Å²) in [7, 11) is 0. The lowest BCUT2D eigenvalue weighted by molar-refractivity contribution is 0.0746. The summed E-state index contributed by atoms with van der Waals surface area (Å²) in [6.07, 6.45) is 0.968. The van der Waals surface area contributed by atoms with Crippen LogP contribution < -0.4 is 10.2 Å². The summed E-state index contributed by atoms with van der Waals surface area (Å²) in [5.41, 5.74) is 5.23. The van der Waals surface area contributed by atoms with Gasteiger partial charge in [-0.15, -0.1) is 0 Å². The van der Waals surface area contributed by atoms with E-state index in [1.165, 1.54) is 5.56 Å². The molecular weight excluding hydrogens is 434 g/mol. The highest BCUT2D eigenvalue weighted by Crippen LogP contribution is 2.23. The standard InChI is InChI=1S/C27H28ClN3O2/c1-3-20-5-7-21(8-6-20)27(33)31-16-14-30(15-17-31)23-11-9-22(10-12-23)29-26(32)24-13-4-19(2)18-25(24)28/h4-13,18H,3,14-17H2,1-2H3,(H,29,32). The van der Waals surface area contributed by atoms with E-state index in [0.29, 0.717) is 29.4 Å². The van der Waals surface area contributed by atoms with Gasteiger partial charge in [-0.05, 0) is 73.0 Å². The van der Waals surface area contributed by atoms with Gasteiger partial charge in [0.15, 0.2) is 0 Å². The summed E-state index contributed by atoms with van der Waals surface area (Å²) < 4.78 is 0. The zero-order chi connectivity index (χ0) is 23.4. The lowest BCUT2D eigenvalue weighted by Gasteiger charge is -2.36. The smallest absolute Gasteiger partial charge is 0.257 e. The summed E-state index contributed by atoms with van der Waals surface area (Å²) in [6.45, 7) is 6.94. The molecular formula is C27H28ClN3O2. The van der Waals surface area contributed by atoms with Crippen LogP contribution in [0.2, 0.25) is 5.02 Å². The summed E-state index contributed by atoms with van der Waals surface area (Å²) >= 11 is 6.21. The predicted molar refractivity (Wildman–Crippen MR) is 135 cm³/mol. The molecule has 1 N–H and O–H groups in total. The van der Waals surface area contributed by atoms with Gasteiger partial charge in [-0.2, -0.15) is 0 Å². The predicted octanol–water partition coefficient (Wildman–Crippen LogP) is 5.43. The van der Waals surface area contributed by atoms with Gasteiger partial charge in [0.2, 0.25) is 0 Å². The normalized spacial score (nSPS) is 13.7. The Bertz CT molecular complexity index is 1140. The van der Waals surface area contributed by atoms with Crippen LogP contribution in [0.5, 0.6) is 0 Å². The number of anilines is 2. The highest BCUT2D eigenvalue weighted by atomic mass is 35.5. The molecule has 0 unspecified atom stereocenters. The Balaban J connectivity index is 1.33. The second-order valence-corrected chi connectivity index (χ2v) is 8.72. The van der Waals surface area contributed by atoms with Crippen molar-refractivity contribution in [2.24, 2.45) is 0 Å². The van der Waals surface area contributed by atoms with Crippen LogP contribution in [-0.4, -0.2) is 42.9 Å². The van der Waals surface area contributed by atoms with Crippen LogP contribution in [0.25, 0.3) is 0 Å². The molecule has 1 aliphatic heterocycles. The second kappa shape index (κ2) is 10.1. The minimum atomic E-state index is -0.230. The van der Waals surface area contributed by atoms with Gasteiger partial charge >= 0.3 is 0 Å². The van der Waals surface area contributed by atoms with Gasteiger partial charge in [-0.25, -0.2) is 0 Å². The monoisotopic (exact) mass is 461 g/mol. The van der Waals surface area contributed by atoms with E-state index in [2.05, 4.69) is 17.1 Å². The van der Waals surface area contributed by atoms with Gasteiger partial charge < -0.3 is 15.1 Å². The number of nitrogens with zero attached hydrogens (tertiary/aromatic N) is 2. The first-order valence-electron chi connectivity index (χ1n) is 11.3. The van der Waals surface area contributed by atoms with Crippen LogP contribution in [0.1, 0.15) is 38.8 Å². The third-order valence-electron chi connectivity index (χ3n) is 6.04. The first kappa shape index (κ1) is 22.9. The molecule has 0 spiro atoms. The molecule has 0 atom stereocenters. The van der Waals surface area contributed by atoms with Crippen molar-refractivity contribution in [2.75, 3.05) is 36.4 Å². The molecule has 3 aromatic carbocycles. The number of benzene rings is 3. The summed E-state index contributed by atoms with van der Waals surface area (Å²) in [5, 5.41) is 3.34.